The Labute approximate surface area is 202 Å². The van der Waals surface area contributed by atoms with Crippen LogP contribution >= 0.6 is 0 Å². The molecule has 0 spiro atoms. The van der Waals surface area contributed by atoms with Crippen LogP contribution in [0.3, 0.4) is 0 Å². The van der Waals surface area contributed by atoms with E-state index in [1.165, 1.54) is 32.4 Å². The van der Waals surface area contributed by atoms with E-state index in [4.69, 9.17) is 23.4 Å². The Morgan fingerprint density at radius 1 is 0.917 bits per heavy atom. The van der Waals surface area contributed by atoms with Crippen LogP contribution in [0, 0.1) is 0 Å². The van der Waals surface area contributed by atoms with Gasteiger partial charge in [0.25, 0.3) is 0 Å². The Kier molecular flexibility index (Phi) is 6.84. The molecule has 0 amide bonds. The van der Waals surface area contributed by atoms with Crippen LogP contribution in [0.1, 0.15) is 0 Å². The number of phenolic OH excluding ortho intramolecular Hbond substituents is 2. The molecule has 2 aromatic carbocycles. The molecule has 3 aromatic rings. The topological polar surface area (TPSA) is 209 Å². The normalized spacial score (nSPS) is 24.0. The van der Waals surface area contributed by atoms with Crippen LogP contribution in [-0.4, -0.2) is 87.3 Å². The van der Waals surface area contributed by atoms with E-state index >= 15 is 0 Å². The minimum Gasteiger partial charge on any atom is -0.507 e. The lowest BCUT2D eigenvalue weighted by Gasteiger charge is -2.39. The van der Waals surface area contributed by atoms with Crippen molar-refractivity contribution in [1.29, 1.82) is 0 Å². The minimum atomic E-state index is -1.77. The first-order valence-electron chi connectivity index (χ1n) is 10.6. The van der Waals surface area contributed by atoms with Crippen LogP contribution < -0.4 is 19.6 Å². The zero-order chi connectivity index (χ0) is 26.3. The minimum absolute atomic E-state index is 0.0316. The van der Waals surface area contributed by atoms with Crippen molar-refractivity contribution >= 4 is 11.0 Å². The first-order valence-corrected chi connectivity index (χ1v) is 10.6. The SMILES string of the molecule is COc1cc(-c2oc3c(OC)c(OC4OC(CO)C(O)C(O)C4O)cc(O)c3c(=O)c2O)ccc1O. The third-order valence-electron chi connectivity index (χ3n) is 5.78. The lowest BCUT2D eigenvalue weighted by atomic mass is 9.99. The molecule has 194 valence electrons. The standard InChI is InChI=1S/C23H24O13/c1-32-11-5-8(3-4-9(11)25)20-18(30)16(28)14-10(26)6-12(21(33-2)22(14)36-20)34-23-19(31)17(29)15(27)13(7-24)35-23/h3-6,13,15,17,19,23-27,29-31H,7H2,1-2H3. The summed E-state index contributed by atoms with van der Waals surface area (Å²) in [6.45, 7) is -0.696. The molecule has 1 aliphatic rings. The Morgan fingerprint density at radius 2 is 1.64 bits per heavy atom. The van der Waals surface area contributed by atoms with Crippen LogP contribution in [0.2, 0.25) is 0 Å². The molecule has 4 rings (SSSR count). The zero-order valence-corrected chi connectivity index (χ0v) is 19.0. The fourth-order valence-corrected chi connectivity index (χ4v) is 3.88. The number of hydrogen-bond donors (Lipinski definition) is 7. The van der Waals surface area contributed by atoms with Crippen molar-refractivity contribution in [3.05, 3.63) is 34.5 Å². The molecule has 2 heterocycles. The van der Waals surface area contributed by atoms with Crippen molar-refractivity contribution in [2.24, 2.45) is 0 Å². The summed E-state index contributed by atoms with van der Waals surface area (Å²) >= 11 is 0. The Hall–Kier alpha value is -3.75. The van der Waals surface area contributed by atoms with Crippen LogP contribution in [0.5, 0.6) is 34.5 Å². The van der Waals surface area contributed by atoms with E-state index in [2.05, 4.69) is 0 Å². The van der Waals surface area contributed by atoms with Crippen LogP contribution in [0.4, 0.5) is 0 Å². The maximum atomic E-state index is 12.9. The summed E-state index contributed by atoms with van der Waals surface area (Å²) in [5, 5.41) is 70.1. The molecule has 0 radical (unpaired) electrons. The molecule has 0 saturated carbocycles. The van der Waals surface area contributed by atoms with E-state index in [0.29, 0.717) is 0 Å². The summed E-state index contributed by atoms with van der Waals surface area (Å²) in [5.41, 5.74) is -1.21. The van der Waals surface area contributed by atoms with Crippen molar-refractivity contribution in [1.82, 2.24) is 0 Å². The summed E-state index contributed by atoms with van der Waals surface area (Å²) < 4.78 is 27.0. The van der Waals surface area contributed by atoms with E-state index in [-0.39, 0.29) is 39.9 Å². The lowest BCUT2D eigenvalue weighted by Crippen LogP contribution is -2.60. The van der Waals surface area contributed by atoms with Crippen LogP contribution in [-0.2, 0) is 4.74 Å². The van der Waals surface area contributed by atoms with E-state index < -0.39 is 59.6 Å². The van der Waals surface area contributed by atoms with Crippen molar-refractivity contribution in [2.75, 3.05) is 20.8 Å². The third kappa shape index (κ3) is 4.12. The van der Waals surface area contributed by atoms with Crippen molar-refractivity contribution in [2.45, 2.75) is 30.7 Å². The number of hydrogen-bond acceptors (Lipinski definition) is 13. The van der Waals surface area contributed by atoms with Gasteiger partial charge in [-0.05, 0) is 18.2 Å². The van der Waals surface area contributed by atoms with Crippen LogP contribution in [0.25, 0.3) is 22.3 Å². The van der Waals surface area contributed by atoms with E-state index in [1.807, 2.05) is 0 Å². The average Bonchev–Trinajstić information content (AvgIpc) is 2.86. The van der Waals surface area contributed by atoms with Crippen molar-refractivity contribution in [3.63, 3.8) is 0 Å². The highest BCUT2D eigenvalue weighted by molar-refractivity contribution is 5.93. The number of aromatic hydroxyl groups is 3. The molecule has 1 aliphatic heterocycles. The van der Waals surface area contributed by atoms with Gasteiger partial charge < -0.3 is 59.1 Å². The summed E-state index contributed by atoms with van der Waals surface area (Å²) in [7, 11) is 2.50. The molecule has 7 N–H and O–H groups in total. The monoisotopic (exact) mass is 508 g/mol. The van der Waals surface area contributed by atoms with Gasteiger partial charge in [-0.3, -0.25) is 4.79 Å². The summed E-state index contributed by atoms with van der Waals surface area (Å²) in [5.74, 6) is -2.56. The predicted molar refractivity (Wildman–Crippen MR) is 120 cm³/mol. The van der Waals surface area contributed by atoms with Crippen molar-refractivity contribution < 1.29 is 59.1 Å². The summed E-state index contributed by atoms with van der Waals surface area (Å²) in [6.07, 6.45) is -8.01. The Balaban J connectivity index is 1.87. The predicted octanol–water partition coefficient (Wildman–Crippen LogP) is -0.227. The molecule has 13 heteroatoms. The fourth-order valence-electron chi connectivity index (χ4n) is 3.88. The number of ether oxygens (including phenoxy) is 4. The molecule has 1 saturated heterocycles. The van der Waals surface area contributed by atoms with Gasteiger partial charge in [0, 0.05) is 11.6 Å². The Bertz CT molecular complexity index is 1330. The second kappa shape index (κ2) is 9.72. The number of aliphatic hydroxyl groups is 4. The summed E-state index contributed by atoms with van der Waals surface area (Å²) in [4.78, 5) is 12.9. The van der Waals surface area contributed by atoms with E-state index in [0.717, 1.165) is 6.07 Å². The Morgan fingerprint density at radius 3 is 2.28 bits per heavy atom. The highest BCUT2D eigenvalue weighted by Crippen LogP contribution is 2.44. The molecular formula is C23H24O13. The molecular weight excluding hydrogens is 484 g/mol. The van der Waals surface area contributed by atoms with Gasteiger partial charge in [0.05, 0.1) is 20.8 Å². The second-order valence-electron chi connectivity index (χ2n) is 7.94. The summed E-state index contributed by atoms with van der Waals surface area (Å²) in [6, 6.07) is 4.86. The van der Waals surface area contributed by atoms with Gasteiger partial charge >= 0.3 is 0 Å². The molecule has 1 fully saturated rings. The maximum Gasteiger partial charge on any atom is 0.238 e. The smallest absolute Gasteiger partial charge is 0.238 e. The van der Waals surface area contributed by atoms with Crippen LogP contribution in [0.15, 0.2) is 33.5 Å². The first kappa shape index (κ1) is 25.3. The number of fused-ring (bicyclic) bond motifs is 1. The molecule has 5 unspecified atom stereocenters. The first-order chi connectivity index (χ1) is 17.1. The maximum absolute atomic E-state index is 12.9. The van der Waals surface area contributed by atoms with Gasteiger partial charge in [-0.2, -0.15) is 0 Å². The number of rotatable bonds is 6. The van der Waals surface area contributed by atoms with Gasteiger partial charge in [-0.25, -0.2) is 0 Å². The van der Waals surface area contributed by atoms with E-state index in [9.17, 15) is 40.5 Å². The highest BCUT2D eigenvalue weighted by Gasteiger charge is 2.45. The number of methoxy groups -OCH3 is 2. The van der Waals surface area contributed by atoms with E-state index in [1.54, 1.807) is 0 Å². The van der Waals surface area contributed by atoms with Gasteiger partial charge in [-0.1, -0.05) is 0 Å². The molecule has 0 bridgehead atoms. The van der Waals surface area contributed by atoms with Gasteiger partial charge in [-0.15, -0.1) is 0 Å². The fraction of sp³-hybridized carbons (Fsp3) is 0.348. The average molecular weight is 508 g/mol. The molecule has 13 nitrogen and oxygen atoms in total. The molecule has 1 aromatic heterocycles. The molecule has 5 atom stereocenters. The van der Waals surface area contributed by atoms with Gasteiger partial charge in [0.15, 0.2) is 28.6 Å². The number of benzene rings is 2. The quantitative estimate of drug-likeness (QED) is 0.230. The molecule has 36 heavy (non-hydrogen) atoms. The molecule has 0 aliphatic carbocycles. The van der Waals surface area contributed by atoms with Gasteiger partial charge in [0.1, 0.15) is 35.6 Å². The third-order valence-corrected chi connectivity index (χ3v) is 5.78. The number of aliphatic hydroxyl groups excluding tert-OH is 4. The largest absolute Gasteiger partial charge is 0.507 e. The van der Waals surface area contributed by atoms with Gasteiger partial charge in [0.2, 0.25) is 23.2 Å². The number of phenols is 2. The lowest BCUT2D eigenvalue weighted by molar-refractivity contribution is -0.277. The highest BCUT2D eigenvalue weighted by atomic mass is 16.7. The van der Waals surface area contributed by atoms with Crippen molar-refractivity contribution in [3.8, 4) is 45.8 Å². The zero-order valence-electron chi connectivity index (χ0n) is 19.0. The second-order valence-corrected chi connectivity index (χ2v) is 7.94.